The highest BCUT2D eigenvalue weighted by atomic mass is 16.5. The average molecular weight is 309 g/mol. The monoisotopic (exact) mass is 309 g/mol. The van der Waals surface area contributed by atoms with Gasteiger partial charge in [-0.2, -0.15) is 0 Å². The van der Waals surface area contributed by atoms with E-state index in [0.29, 0.717) is 17.9 Å². The zero-order valence-corrected chi connectivity index (χ0v) is 13.9. The molecular weight excluding hydrogens is 286 g/mol. The van der Waals surface area contributed by atoms with E-state index in [1.54, 1.807) is 19.3 Å². The summed E-state index contributed by atoms with van der Waals surface area (Å²) < 4.78 is 5.32. The zero-order chi connectivity index (χ0) is 16.8. The minimum atomic E-state index is -0.119. The lowest BCUT2D eigenvalue weighted by molar-refractivity contribution is 0.102. The molecule has 2 aromatic carbocycles. The quantitative estimate of drug-likeness (QED) is 0.778. The highest BCUT2D eigenvalue weighted by Crippen LogP contribution is 2.25. The number of para-hydroxylation sites is 1. The highest BCUT2D eigenvalue weighted by Gasteiger charge is 2.12. The second-order valence-corrected chi connectivity index (χ2v) is 5.72. The van der Waals surface area contributed by atoms with Crippen molar-refractivity contribution >= 4 is 11.6 Å². The van der Waals surface area contributed by atoms with Gasteiger partial charge in [0.2, 0.25) is 0 Å². The molecule has 23 heavy (non-hydrogen) atoms. The Morgan fingerprint density at radius 2 is 2.00 bits per heavy atom. The Labute approximate surface area is 138 Å². The molecule has 0 atom stereocenters. The molecule has 0 aliphatic heterocycles. The number of ether oxygens (including phenoxy) is 1. The summed E-state index contributed by atoms with van der Waals surface area (Å²) in [5.41, 5.74) is 3.54. The van der Waals surface area contributed by atoms with E-state index in [0.717, 1.165) is 22.6 Å². The molecule has 1 amide bonds. The summed E-state index contributed by atoms with van der Waals surface area (Å²) in [5, 5.41) is 3.01. The Hall–Kier alpha value is -2.55. The molecule has 0 fully saturated rings. The Bertz CT molecular complexity index is 705. The molecule has 0 saturated carbocycles. The molecule has 0 aliphatic carbocycles. The highest BCUT2D eigenvalue weighted by molar-refractivity contribution is 6.05. The van der Waals surface area contributed by atoms with Gasteiger partial charge in [-0.05, 0) is 47.7 Å². The number of benzene rings is 2. The van der Waals surface area contributed by atoms with Crippen LogP contribution in [-0.4, -0.2) is 13.0 Å². The van der Waals surface area contributed by atoms with Crippen LogP contribution in [0.4, 0.5) is 5.69 Å². The van der Waals surface area contributed by atoms with E-state index in [4.69, 9.17) is 4.74 Å². The maximum absolute atomic E-state index is 12.6. The molecule has 0 heterocycles. The van der Waals surface area contributed by atoms with Crippen molar-refractivity contribution in [2.45, 2.75) is 26.2 Å². The maximum atomic E-state index is 12.6. The summed E-state index contributed by atoms with van der Waals surface area (Å²) in [4.78, 5) is 12.6. The maximum Gasteiger partial charge on any atom is 0.255 e. The summed E-state index contributed by atoms with van der Waals surface area (Å²) in [6.07, 6.45) is 2.46. The third kappa shape index (κ3) is 4.01. The van der Waals surface area contributed by atoms with Gasteiger partial charge in [-0.15, -0.1) is 6.58 Å². The third-order valence-electron chi connectivity index (χ3n) is 3.74. The van der Waals surface area contributed by atoms with Gasteiger partial charge in [-0.1, -0.05) is 38.1 Å². The molecule has 0 bridgehead atoms. The van der Waals surface area contributed by atoms with Crippen LogP contribution in [-0.2, 0) is 6.42 Å². The molecule has 0 aliphatic rings. The van der Waals surface area contributed by atoms with Gasteiger partial charge >= 0.3 is 0 Å². The van der Waals surface area contributed by atoms with Crippen molar-refractivity contribution in [3.8, 4) is 5.75 Å². The summed E-state index contributed by atoms with van der Waals surface area (Å²) in [7, 11) is 1.63. The van der Waals surface area contributed by atoms with Crippen molar-refractivity contribution in [1.82, 2.24) is 0 Å². The van der Waals surface area contributed by atoms with Crippen LogP contribution in [0.3, 0.4) is 0 Å². The smallest absolute Gasteiger partial charge is 0.255 e. The van der Waals surface area contributed by atoms with Crippen molar-refractivity contribution in [2.75, 3.05) is 12.4 Å². The Morgan fingerprint density at radius 3 is 2.65 bits per heavy atom. The minimum absolute atomic E-state index is 0.119. The molecular formula is C20H23NO2. The fraction of sp³-hybridized carbons (Fsp3) is 0.250. The summed E-state index contributed by atoms with van der Waals surface area (Å²) in [6.45, 7) is 7.97. The van der Waals surface area contributed by atoms with E-state index in [2.05, 4.69) is 25.7 Å². The van der Waals surface area contributed by atoms with Crippen LogP contribution in [0.5, 0.6) is 5.75 Å². The minimum Gasteiger partial charge on any atom is -0.496 e. The number of hydrogen-bond acceptors (Lipinski definition) is 2. The van der Waals surface area contributed by atoms with E-state index >= 15 is 0 Å². The van der Waals surface area contributed by atoms with Gasteiger partial charge in [0.05, 0.1) is 7.11 Å². The summed E-state index contributed by atoms with van der Waals surface area (Å²) >= 11 is 0. The number of anilines is 1. The predicted molar refractivity (Wildman–Crippen MR) is 95.4 cm³/mol. The van der Waals surface area contributed by atoms with Gasteiger partial charge in [-0.25, -0.2) is 0 Å². The molecule has 0 unspecified atom stereocenters. The van der Waals surface area contributed by atoms with Crippen molar-refractivity contribution in [3.05, 3.63) is 71.8 Å². The third-order valence-corrected chi connectivity index (χ3v) is 3.74. The van der Waals surface area contributed by atoms with Crippen molar-refractivity contribution in [2.24, 2.45) is 0 Å². The van der Waals surface area contributed by atoms with Gasteiger partial charge in [0.25, 0.3) is 5.91 Å². The fourth-order valence-corrected chi connectivity index (χ4v) is 2.54. The molecule has 0 spiro atoms. The lowest BCUT2D eigenvalue weighted by Gasteiger charge is -2.14. The first kappa shape index (κ1) is 16.8. The molecule has 1 N–H and O–H groups in total. The number of methoxy groups -OCH3 is 1. The van der Waals surface area contributed by atoms with E-state index in [1.165, 1.54) is 0 Å². The van der Waals surface area contributed by atoms with E-state index in [9.17, 15) is 4.79 Å². The van der Waals surface area contributed by atoms with Crippen LogP contribution in [0.2, 0.25) is 0 Å². The molecule has 0 saturated heterocycles. The fourth-order valence-electron chi connectivity index (χ4n) is 2.54. The average Bonchev–Trinajstić information content (AvgIpc) is 2.55. The van der Waals surface area contributed by atoms with E-state index < -0.39 is 0 Å². The number of nitrogens with one attached hydrogen (secondary N) is 1. The number of carbonyl (C=O) groups excluding carboxylic acids is 1. The molecule has 3 nitrogen and oxygen atoms in total. The lowest BCUT2D eigenvalue weighted by atomic mass is 10.0. The topological polar surface area (TPSA) is 38.3 Å². The van der Waals surface area contributed by atoms with Crippen LogP contribution in [0.1, 0.15) is 41.3 Å². The molecule has 2 aromatic rings. The lowest BCUT2D eigenvalue weighted by Crippen LogP contribution is -2.14. The molecule has 3 heteroatoms. The second kappa shape index (κ2) is 7.63. The van der Waals surface area contributed by atoms with Gasteiger partial charge in [0, 0.05) is 11.3 Å². The molecule has 120 valence electrons. The Balaban J connectivity index is 2.28. The van der Waals surface area contributed by atoms with E-state index in [1.807, 2.05) is 36.4 Å². The molecule has 0 radical (unpaired) electrons. The van der Waals surface area contributed by atoms with Crippen molar-refractivity contribution < 1.29 is 9.53 Å². The predicted octanol–water partition coefficient (Wildman–Crippen LogP) is 4.80. The first-order valence-corrected chi connectivity index (χ1v) is 7.75. The van der Waals surface area contributed by atoms with Crippen LogP contribution >= 0.6 is 0 Å². The van der Waals surface area contributed by atoms with Crippen LogP contribution < -0.4 is 10.1 Å². The second-order valence-electron chi connectivity index (χ2n) is 5.72. The van der Waals surface area contributed by atoms with Gasteiger partial charge in [0.1, 0.15) is 5.75 Å². The molecule has 0 aromatic heterocycles. The van der Waals surface area contributed by atoms with E-state index in [-0.39, 0.29) is 5.91 Å². The zero-order valence-electron chi connectivity index (χ0n) is 13.9. The van der Waals surface area contributed by atoms with Crippen molar-refractivity contribution in [1.29, 1.82) is 0 Å². The standard InChI is InChI=1S/C20H23NO2/c1-5-8-15-13-16(11-12-19(15)23-4)20(22)21-18-10-7-6-9-17(18)14(2)3/h5-7,9-14H,1,8H2,2-4H3,(H,21,22). The SMILES string of the molecule is C=CCc1cc(C(=O)Nc2ccccc2C(C)C)ccc1OC. The Kier molecular flexibility index (Phi) is 5.58. The van der Waals surface area contributed by atoms with Crippen molar-refractivity contribution in [3.63, 3.8) is 0 Å². The van der Waals surface area contributed by atoms with Crippen LogP contribution in [0.25, 0.3) is 0 Å². The number of rotatable bonds is 6. The summed E-state index contributed by atoms with van der Waals surface area (Å²) in [5.74, 6) is 0.994. The first-order chi connectivity index (χ1) is 11.1. The van der Waals surface area contributed by atoms with Crippen LogP contribution in [0, 0.1) is 0 Å². The van der Waals surface area contributed by atoms with Gasteiger partial charge < -0.3 is 10.1 Å². The van der Waals surface area contributed by atoms with Gasteiger partial charge in [0.15, 0.2) is 0 Å². The largest absolute Gasteiger partial charge is 0.496 e. The summed E-state index contributed by atoms with van der Waals surface area (Å²) in [6, 6.07) is 13.3. The molecule has 2 rings (SSSR count). The van der Waals surface area contributed by atoms with Gasteiger partial charge in [-0.3, -0.25) is 4.79 Å². The van der Waals surface area contributed by atoms with Crippen LogP contribution in [0.15, 0.2) is 55.1 Å². The number of carbonyl (C=O) groups is 1. The first-order valence-electron chi connectivity index (χ1n) is 7.75. The normalized spacial score (nSPS) is 10.4. The number of hydrogen-bond donors (Lipinski definition) is 1. The Morgan fingerprint density at radius 1 is 1.26 bits per heavy atom. The number of allylic oxidation sites excluding steroid dienone is 1. The number of amides is 1.